The molecule has 1 atom stereocenters. The molecule has 10 heteroatoms. The van der Waals surface area contributed by atoms with Gasteiger partial charge in [0.1, 0.15) is 11.8 Å². The third-order valence-corrected chi connectivity index (χ3v) is 7.17. The van der Waals surface area contributed by atoms with Gasteiger partial charge in [0, 0.05) is 17.6 Å². The first-order chi connectivity index (χ1) is 17.9. The highest BCUT2D eigenvalue weighted by atomic mass is 79.9. The van der Waals surface area contributed by atoms with Crippen LogP contribution in [0.15, 0.2) is 22.7 Å². The fourth-order valence-electron chi connectivity index (χ4n) is 4.25. The first-order valence-electron chi connectivity index (χ1n) is 13.3. The topological polar surface area (TPSA) is 97.0 Å². The van der Waals surface area contributed by atoms with Crippen molar-refractivity contribution in [1.29, 1.82) is 0 Å². The summed E-state index contributed by atoms with van der Waals surface area (Å²) in [5.41, 5.74) is 0.299. The van der Waals surface area contributed by atoms with Crippen molar-refractivity contribution >= 4 is 51.0 Å². The molecule has 1 fully saturated rings. The summed E-state index contributed by atoms with van der Waals surface area (Å²) < 4.78 is 11.4. The molecule has 0 spiro atoms. The van der Waals surface area contributed by atoms with Crippen molar-refractivity contribution in [3.8, 4) is 5.75 Å². The average Bonchev–Trinajstić information content (AvgIpc) is 2.88. The summed E-state index contributed by atoms with van der Waals surface area (Å²) in [5, 5.41) is 5.50. The lowest BCUT2D eigenvalue weighted by Gasteiger charge is -2.36. The van der Waals surface area contributed by atoms with Crippen molar-refractivity contribution in [1.82, 2.24) is 15.5 Å². The Bertz CT molecular complexity index is 914. The predicted octanol–water partition coefficient (Wildman–Crippen LogP) is 5.13. The Labute approximate surface area is 234 Å². The molecular weight excluding hydrogens is 558 g/mol. The van der Waals surface area contributed by atoms with E-state index in [-0.39, 0.29) is 17.4 Å². The quantitative estimate of drug-likeness (QED) is 0.164. The van der Waals surface area contributed by atoms with Crippen LogP contribution in [0.5, 0.6) is 5.75 Å². The normalized spacial score (nSPS) is 15.2. The largest absolute Gasteiger partial charge is 0.496 e. The zero-order valence-electron chi connectivity index (χ0n) is 22.0. The van der Waals surface area contributed by atoms with Gasteiger partial charge in [0.15, 0.2) is 5.11 Å². The number of thiocarbonyl (C=S) groups is 1. The molecule has 1 heterocycles. The second-order valence-corrected chi connectivity index (χ2v) is 10.5. The molecule has 1 aliphatic heterocycles. The molecule has 206 valence electrons. The van der Waals surface area contributed by atoms with E-state index in [1.54, 1.807) is 23.1 Å². The molecule has 0 aromatic heterocycles. The summed E-state index contributed by atoms with van der Waals surface area (Å²) in [6.07, 6.45) is 11.9. The number of halogens is 1. The average molecular weight is 599 g/mol. The Hall–Kier alpha value is -2.20. The van der Waals surface area contributed by atoms with E-state index in [0.29, 0.717) is 35.5 Å². The highest BCUT2D eigenvalue weighted by molar-refractivity contribution is 9.10. The maximum atomic E-state index is 12.8. The molecule has 1 aromatic carbocycles. The fraction of sp³-hybridized carbons (Fsp3) is 0.630. The van der Waals surface area contributed by atoms with E-state index in [0.717, 1.165) is 19.3 Å². The number of rotatable bonds is 15. The van der Waals surface area contributed by atoms with Crippen molar-refractivity contribution in [2.45, 2.75) is 83.6 Å². The maximum Gasteiger partial charge on any atom is 0.308 e. The lowest BCUT2D eigenvalue weighted by atomic mass is 10.1. The highest BCUT2D eigenvalue weighted by Gasteiger charge is 2.34. The van der Waals surface area contributed by atoms with Gasteiger partial charge >= 0.3 is 5.97 Å². The van der Waals surface area contributed by atoms with Gasteiger partial charge in [0.05, 0.1) is 25.7 Å². The SMILES string of the molecule is CCCCCCCCCCCCOC(=O)CC1C(=O)NCCN1C(=S)NC(=O)c1cc(Br)ccc1OC. The Morgan fingerprint density at radius 1 is 1.11 bits per heavy atom. The number of piperazine rings is 1. The fourth-order valence-corrected chi connectivity index (χ4v) is 4.92. The lowest BCUT2D eigenvalue weighted by molar-refractivity contribution is -0.147. The first kappa shape index (κ1) is 31.0. The smallest absolute Gasteiger partial charge is 0.308 e. The van der Waals surface area contributed by atoms with Crippen molar-refractivity contribution in [3.63, 3.8) is 0 Å². The van der Waals surface area contributed by atoms with Crippen molar-refractivity contribution in [2.24, 2.45) is 0 Å². The van der Waals surface area contributed by atoms with E-state index >= 15 is 0 Å². The van der Waals surface area contributed by atoms with Gasteiger partial charge in [-0.3, -0.25) is 19.7 Å². The summed E-state index contributed by atoms with van der Waals surface area (Å²) in [5.74, 6) is -0.840. The van der Waals surface area contributed by atoms with E-state index in [9.17, 15) is 14.4 Å². The molecule has 0 radical (unpaired) electrons. The van der Waals surface area contributed by atoms with Crippen LogP contribution in [0, 0.1) is 0 Å². The molecule has 1 aromatic rings. The molecule has 0 bridgehead atoms. The number of methoxy groups -OCH3 is 1. The number of hydrogen-bond donors (Lipinski definition) is 2. The number of benzene rings is 1. The van der Waals surface area contributed by atoms with Crippen LogP contribution in [-0.4, -0.2) is 60.6 Å². The molecule has 0 aliphatic carbocycles. The number of nitrogens with zero attached hydrogens (tertiary/aromatic N) is 1. The zero-order chi connectivity index (χ0) is 27.0. The molecule has 2 N–H and O–H groups in total. The van der Waals surface area contributed by atoms with Crippen LogP contribution in [-0.2, 0) is 14.3 Å². The van der Waals surface area contributed by atoms with Crippen molar-refractivity contribution in [3.05, 3.63) is 28.2 Å². The van der Waals surface area contributed by atoms with Crippen LogP contribution in [0.2, 0.25) is 0 Å². The van der Waals surface area contributed by atoms with Crippen LogP contribution >= 0.6 is 28.1 Å². The minimum atomic E-state index is -0.842. The summed E-state index contributed by atoms with van der Waals surface area (Å²) in [7, 11) is 1.48. The molecule has 8 nitrogen and oxygen atoms in total. The molecule has 0 saturated carbocycles. The van der Waals surface area contributed by atoms with Crippen LogP contribution in [0.1, 0.15) is 87.9 Å². The second-order valence-electron chi connectivity index (χ2n) is 9.21. The van der Waals surface area contributed by atoms with E-state index in [1.807, 2.05) is 0 Å². The summed E-state index contributed by atoms with van der Waals surface area (Å²) >= 11 is 8.79. The Morgan fingerprint density at radius 2 is 1.76 bits per heavy atom. The lowest BCUT2D eigenvalue weighted by Crippen LogP contribution is -2.60. The Balaban J connectivity index is 1.77. The van der Waals surface area contributed by atoms with E-state index < -0.39 is 17.9 Å². The van der Waals surface area contributed by atoms with Crippen molar-refractivity contribution < 1.29 is 23.9 Å². The van der Waals surface area contributed by atoms with Gasteiger partial charge in [0.25, 0.3) is 5.91 Å². The number of hydrogen-bond acceptors (Lipinski definition) is 6. The summed E-state index contributed by atoms with van der Waals surface area (Å²) in [6.45, 7) is 3.30. The molecule has 2 rings (SSSR count). The van der Waals surface area contributed by atoms with Crippen LogP contribution < -0.4 is 15.4 Å². The minimum absolute atomic E-state index is 0.0781. The molecular formula is C27H40BrN3O5S. The number of esters is 1. The molecule has 1 aliphatic rings. The Morgan fingerprint density at radius 3 is 2.41 bits per heavy atom. The molecule has 2 amide bonds. The van der Waals surface area contributed by atoms with E-state index in [2.05, 4.69) is 33.5 Å². The predicted molar refractivity (Wildman–Crippen MR) is 152 cm³/mol. The minimum Gasteiger partial charge on any atom is -0.496 e. The summed E-state index contributed by atoms with van der Waals surface area (Å²) in [6, 6.07) is 4.22. The van der Waals surface area contributed by atoms with Crippen LogP contribution in [0.25, 0.3) is 0 Å². The van der Waals surface area contributed by atoms with Crippen LogP contribution in [0.4, 0.5) is 0 Å². The van der Waals surface area contributed by atoms with Crippen LogP contribution in [0.3, 0.4) is 0 Å². The number of unbranched alkanes of at least 4 members (excludes halogenated alkanes) is 9. The van der Waals surface area contributed by atoms with Gasteiger partial charge in [0.2, 0.25) is 5.91 Å². The van der Waals surface area contributed by atoms with Gasteiger partial charge in [-0.05, 0) is 36.8 Å². The zero-order valence-corrected chi connectivity index (χ0v) is 24.4. The monoisotopic (exact) mass is 597 g/mol. The number of amides is 2. The van der Waals surface area contributed by atoms with Gasteiger partial charge in [-0.25, -0.2) is 0 Å². The van der Waals surface area contributed by atoms with Gasteiger partial charge in [-0.2, -0.15) is 0 Å². The third-order valence-electron chi connectivity index (χ3n) is 6.34. The highest BCUT2D eigenvalue weighted by Crippen LogP contribution is 2.23. The summed E-state index contributed by atoms with van der Waals surface area (Å²) in [4.78, 5) is 39.4. The van der Waals surface area contributed by atoms with E-state index in [1.165, 1.54) is 52.1 Å². The third kappa shape index (κ3) is 11.0. The van der Waals surface area contributed by atoms with Gasteiger partial charge < -0.3 is 19.7 Å². The maximum absolute atomic E-state index is 12.8. The first-order valence-corrected chi connectivity index (χ1v) is 14.5. The van der Waals surface area contributed by atoms with Gasteiger partial charge in [-0.1, -0.05) is 80.6 Å². The molecule has 37 heavy (non-hydrogen) atoms. The number of carbonyl (C=O) groups excluding carboxylic acids is 3. The standard InChI is InChI=1S/C27H40BrN3O5S/c1-3-4-5-6-7-8-9-10-11-12-17-36-24(32)19-22-26(34)29-15-16-31(22)27(37)30-25(33)21-18-20(28)13-14-23(21)35-2/h13-14,18,22H,3-12,15-17,19H2,1-2H3,(H,29,34)(H,30,33,37). The number of ether oxygens (including phenoxy) is 2. The number of nitrogens with one attached hydrogen (secondary N) is 2. The van der Waals surface area contributed by atoms with E-state index in [4.69, 9.17) is 21.7 Å². The number of carbonyl (C=O) groups is 3. The second kappa shape index (κ2) is 17.3. The van der Waals surface area contributed by atoms with Gasteiger partial charge in [-0.15, -0.1) is 0 Å². The Kier molecular flexibility index (Phi) is 14.5. The molecule has 1 saturated heterocycles. The molecule has 1 unspecified atom stereocenters. The van der Waals surface area contributed by atoms with Crippen molar-refractivity contribution in [2.75, 3.05) is 26.8 Å².